The van der Waals surface area contributed by atoms with Gasteiger partial charge in [-0.25, -0.2) is 0 Å². The Kier molecular flexibility index (Phi) is 4.44. The molecule has 1 N–H and O–H groups in total. The van der Waals surface area contributed by atoms with Crippen molar-refractivity contribution in [2.45, 2.75) is 44.4 Å². The minimum Gasteiger partial charge on any atom is -0.374 e. The Morgan fingerprint density at radius 2 is 2.25 bits per heavy atom. The van der Waals surface area contributed by atoms with Crippen molar-refractivity contribution in [1.29, 1.82) is 0 Å². The van der Waals surface area contributed by atoms with Crippen molar-refractivity contribution in [3.63, 3.8) is 0 Å². The van der Waals surface area contributed by atoms with E-state index in [1.165, 1.54) is 36.8 Å². The smallest absolute Gasteiger partial charge is 0.0880 e. The third-order valence-corrected chi connectivity index (χ3v) is 4.67. The minimum absolute atomic E-state index is 0.331. The van der Waals surface area contributed by atoms with Gasteiger partial charge in [0.2, 0.25) is 0 Å². The van der Waals surface area contributed by atoms with Crippen LogP contribution in [0, 0.1) is 0 Å². The highest BCUT2D eigenvalue weighted by Crippen LogP contribution is 2.29. The third-order valence-electron chi connectivity index (χ3n) is 4.67. The highest BCUT2D eigenvalue weighted by atomic mass is 16.5. The lowest BCUT2D eigenvalue weighted by Gasteiger charge is -2.30. The number of ether oxygens (including phenoxy) is 1. The summed E-state index contributed by atoms with van der Waals surface area (Å²) in [6.45, 7) is 3.94. The van der Waals surface area contributed by atoms with Gasteiger partial charge in [-0.15, -0.1) is 0 Å². The van der Waals surface area contributed by atoms with Gasteiger partial charge in [0.1, 0.15) is 0 Å². The molecule has 1 saturated heterocycles. The van der Waals surface area contributed by atoms with Crippen molar-refractivity contribution in [2.24, 2.45) is 0 Å². The number of nitrogens with zero attached hydrogens (tertiary/aromatic N) is 2. The zero-order valence-corrected chi connectivity index (χ0v) is 12.8. The summed E-state index contributed by atoms with van der Waals surface area (Å²) in [6.07, 6.45) is 10.2. The first kappa shape index (κ1) is 14.1. The predicted molar refractivity (Wildman–Crippen MR) is 81.0 cm³/mol. The molecule has 0 amide bonds. The van der Waals surface area contributed by atoms with Gasteiger partial charge in [-0.3, -0.25) is 0 Å². The Morgan fingerprint density at radius 3 is 3.05 bits per heavy atom. The molecule has 3 rings (SSSR count). The Morgan fingerprint density at radius 1 is 1.35 bits per heavy atom. The van der Waals surface area contributed by atoms with E-state index in [2.05, 4.69) is 41.3 Å². The molecule has 1 aromatic heterocycles. The van der Waals surface area contributed by atoms with E-state index in [0.29, 0.717) is 12.1 Å². The highest BCUT2D eigenvalue weighted by Gasteiger charge is 2.22. The van der Waals surface area contributed by atoms with Crippen molar-refractivity contribution < 1.29 is 4.74 Å². The Labute approximate surface area is 122 Å². The summed E-state index contributed by atoms with van der Waals surface area (Å²) in [7, 11) is 4.26. The van der Waals surface area contributed by atoms with Gasteiger partial charge in [0, 0.05) is 38.1 Å². The monoisotopic (exact) mass is 277 g/mol. The van der Waals surface area contributed by atoms with Crippen LogP contribution in [0.15, 0.2) is 12.4 Å². The number of likely N-dealkylation sites (N-methyl/N-ethyl adjacent to an activating group) is 1. The fraction of sp³-hybridized carbons (Fsp3) is 0.750. The van der Waals surface area contributed by atoms with Gasteiger partial charge in [0.05, 0.1) is 12.7 Å². The van der Waals surface area contributed by atoms with Crippen LogP contribution in [0.5, 0.6) is 0 Å². The molecule has 1 aliphatic carbocycles. The SMILES string of the molecule is CNC1CCCCc2cn(CC3CN(C)CCO3)cc21. The maximum atomic E-state index is 5.88. The maximum Gasteiger partial charge on any atom is 0.0880 e. The van der Waals surface area contributed by atoms with Gasteiger partial charge in [-0.1, -0.05) is 6.42 Å². The topological polar surface area (TPSA) is 29.4 Å². The molecule has 1 fully saturated rings. The van der Waals surface area contributed by atoms with Crippen LogP contribution in [0.1, 0.15) is 36.4 Å². The van der Waals surface area contributed by atoms with Gasteiger partial charge < -0.3 is 19.5 Å². The number of rotatable bonds is 3. The molecule has 1 aliphatic heterocycles. The van der Waals surface area contributed by atoms with E-state index in [4.69, 9.17) is 4.74 Å². The Hall–Kier alpha value is -0.840. The third kappa shape index (κ3) is 3.08. The van der Waals surface area contributed by atoms with Gasteiger partial charge >= 0.3 is 0 Å². The van der Waals surface area contributed by atoms with Crippen LogP contribution in [0.25, 0.3) is 0 Å². The summed E-state index contributed by atoms with van der Waals surface area (Å²) in [6, 6.07) is 0.531. The zero-order chi connectivity index (χ0) is 13.9. The normalized spacial score (nSPS) is 28.1. The van der Waals surface area contributed by atoms with E-state index in [1.807, 2.05) is 0 Å². The Balaban J connectivity index is 1.72. The molecule has 0 aromatic carbocycles. The number of nitrogens with one attached hydrogen (secondary N) is 1. The number of morpholine rings is 1. The van der Waals surface area contributed by atoms with Crippen molar-refractivity contribution in [1.82, 2.24) is 14.8 Å². The molecule has 20 heavy (non-hydrogen) atoms. The van der Waals surface area contributed by atoms with E-state index in [0.717, 1.165) is 26.2 Å². The lowest BCUT2D eigenvalue weighted by Crippen LogP contribution is -2.41. The largest absolute Gasteiger partial charge is 0.374 e. The van der Waals surface area contributed by atoms with Crippen LogP contribution in [-0.4, -0.2) is 49.4 Å². The molecule has 2 heterocycles. The van der Waals surface area contributed by atoms with E-state index < -0.39 is 0 Å². The first-order chi connectivity index (χ1) is 9.76. The molecular weight excluding hydrogens is 250 g/mol. The quantitative estimate of drug-likeness (QED) is 0.855. The van der Waals surface area contributed by atoms with Crippen LogP contribution in [-0.2, 0) is 17.7 Å². The summed E-state index contributed by atoms with van der Waals surface area (Å²) in [4.78, 5) is 2.36. The van der Waals surface area contributed by atoms with Gasteiger partial charge in [-0.05, 0) is 44.5 Å². The summed E-state index contributed by atoms with van der Waals surface area (Å²) in [5, 5.41) is 3.47. The van der Waals surface area contributed by atoms with Gasteiger partial charge in [0.15, 0.2) is 0 Å². The molecule has 1 aromatic rings. The molecule has 2 atom stereocenters. The lowest BCUT2D eigenvalue weighted by molar-refractivity contribution is -0.0274. The molecule has 2 aliphatic rings. The molecule has 112 valence electrons. The molecule has 0 spiro atoms. The van der Waals surface area contributed by atoms with Gasteiger partial charge in [-0.2, -0.15) is 0 Å². The molecule has 4 nitrogen and oxygen atoms in total. The van der Waals surface area contributed by atoms with E-state index in [9.17, 15) is 0 Å². The molecule has 4 heteroatoms. The van der Waals surface area contributed by atoms with E-state index >= 15 is 0 Å². The average Bonchev–Trinajstić information content (AvgIpc) is 2.72. The van der Waals surface area contributed by atoms with E-state index in [-0.39, 0.29) is 0 Å². The van der Waals surface area contributed by atoms with E-state index in [1.54, 1.807) is 0 Å². The molecule has 0 bridgehead atoms. The summed E-state index contributed by atoms with van der Waals surface area (Å²) in [5.74, 6) is 0. The van der Waals surface area contributed by atoms with Crippen LogP contribution in [0.2, 0.25) is 0 Å². The number of fused-ring (bicyclic) bond motifs is 1. The molecule has 0 saturated carbocycles. The first-order valence-corrected chi connectivity index (χ1v) is 7.92. The second kappa shape index (κ2) is 6.29. The van der Waals surface area contributed by atoms with Crippen molar-refractivity contribution >= 4 is 0 Å². The molecule has 0 radical (unpaired) electrons. The Bertz CT molecular complexity index is 443. The summed E-state index contributed by atoms with van der Waals surface area (Å²) in [5.41, 5.74) is 3.04. The lowest BCUT2D eigenvalue weighted by atomic mass is 10.1. The van der Waals surface area contributed by atoms with Crippen LogP contribution in [0.3, 0.4) is 0 Å². The van der Waals surface area contributed by atoms with Crippen molar-refractivity contribution in [2.75, 3.05) is 33.8 Å². The standard InChI is InChI=1S/C16H27N3O/c1-17-16-6-4-3-5-13-9-19(12-15(13)16)11-14-10-18(2)7-8-20-14/h9,12,14,16-17H,3-8,10-11H2,1-2H3. The van der Waals surface area contributed by atoms with Crippen molar-refractivity contribution in [3.05, 3.63) is 23.5 Å². The van der Waals surface area contributed by atoms with Crippen LogP contribution in [0.4, 0.5) is 0 Å². The second-order valence-corrected chi connectivity index (χ2v) is 6.28. The number of hydrogen-bond acceptors (Lipinski definition) is 3. The zero-order valence-electron chi connectivity index (χ0n) is 12.8. The summed E-state index contributed by atoms with van der Waals surface area (Å²) >= 11 is 0. The number of aromatic nitrogens is 1. The molecular formula is C16H27N3O. The van der Waals surface area contributed by atoms with Gasteiger partial charge in [0.25, 0.3) is 0 Å². The maximum absolute atomic E-state index is 5.88. The van der Waals surface area contributed by atoms with Crippen LogP contribution < -0.4 is 5.32 Å². The average molecular weight is 277 g/mol. The van der Waals surface area contributed by atoms with Crippen molar-refractivity contribution in [3.8, 4) is 0 Å². The fourth-order valence-corrected chi connectivity index (χ4v) is 3.53. The summed E-state index contributed by atoms with van der Waals surface area (Å²) < 4.78 is 8.24. The fourth-order valence-electron chi connectivity index (χ4n) is 3.53. The number of aryl methyl sites for hydroxylation is 1. The number of hydrogen-bond donors (Lipinski definition) is 1. The predicted octanol–water partition coefficient (Wildman–Crippen LogP) is 1.81. The second-order valence-electron chi connectivity index (χ2n) is 6.28. The molecule has 2 unspecified atom stereocenters. The highest BCUT2D eigenvalue weighted by molar-refractivity contribution is 5.29. The van der Waals surface area contributed by atoms with Crippen LogP contribution >= 0.6 is 0 Å². The minimum atomic E-state index is 0.331. The first-order valence-electron chi connectivity index (χ1n) is 7.92.